The number of hydrogen-bond acceptors (Lipinski definition) is 3. The number of anilines is 1. The fraction of sp³-hybridized carbons (Fsp3) is 0. The fourth-order valence-corrected chi connectivity index (χ4v) is 1.96. The monoisotopic (exact) mass is 343 g/mol. The Morgan fingerprint density at radius 3 is 2.74 bits per heavy atom. The van der Waals surface area contributed by atoms with E-state index < -0.39 is 10.8 Å². The van der Waals surface area contributed by atoms with Crippen LogP contribution < -0.4 is 5.32 Å². The SMILES string of the molecule is O=C(Nc1ccc(Cl)c([N+](=O)[O-])c1)c1cc(Br)c[nH]1. The summed E-state index contributed by atoms with van der Waals surface area (Å²) in [5.74, 6) is -0.401. The minimum atomic E-state index is -0.608. The lowest BCUT2D eigenvalue weighted by Gasteiger charge is -2.04. The van der Waals surface area contributed by atoms with Crippen molar-refractivity contribution in [2.75, 3.05) is 5.32 Å². The number of aromatic amines is 1. The number of carbonyl (C=O) groups is 1. The highest BCUT2D eigenvalue weighted by Crippen LogP contribution is 2.27. The lowest BCUT2D eigenvalue weighted by Crippen LogP contribution is -2.12. The first-order valence-electron chi connectivity index (χ1n) is 5.06. The molecule has 0 spiro atoms. The topological polar surface area (TPSA) is 88.0 Å². The molecule has 1 amide bonds. The van der Waals surface area contributed by atoms with Crippen molar-refractivity contribution >= 4 is 44.8 Å². The standard InChI is InChI=1S/C11H7BrClN3O3/c12-6-3-9(14-5-6)11(17)15-7-1-2-8(13)10(4-7)16(18)19/h1-5,14H,(H,15,17). The van der Waals surface area contributed by atoms with Crippen LogP contribution in [-0.2, 0) is 0 Å². The van der Waals surface area contributed by atoms with E-state index in [4.69, 9.17) is 11.6 Å². The molecule has 0 saturated heterocycles. The van der Waals surface area contributed by atoms with Gasteiger partial charge in [0, 0.05) is 22.4 Å². The molecule has 1 aromatic carbocycles. The van der Waals surface area contributed by atoms with Gasteiger partial charge < -0.3 is 10.3 Å². The van der Waals surface area contributed by atoms with Gasteiger partial charge in [-0.1, -0.05) is 11.6 Å². The molecule has 0 bridgehead atoms. The summed E-state index contributed by atoms with van der Waals surface area (Å²) in [7, 11) is 0. The summed E-state index contributed by atoms with van der Waals surface area (Å²) in [6, 6.07) is 5.66. The predicted molar refractivity (Wildman–Crippen MR) is 74.6 cm³/mol. The van der Waals surface area contributed by atoms with Crippen LogP contribution in [0.3, 0.4) is 0 Å². The number of rotatable bonds is 3. The van der Waals surface area contributed by atoms with Gasteiger partial charge in [-0.3, -0.25) is 14.9 Å². The van der Waals surface area contributed by atoms with Crippen molar-refractivity contribution in [3.8, 4) is 0 Å². The summed E-state index contributed by atoms with van der Waals surface area (Å²) in [5, 5.41) is 13.3. The third-order valence-corrected chi connectivity index (χ3v) is 3.07. The van der Waals surface area contributed by atoms with E-state index in [9.17, 15) is 14.9 Å². The quantitative estimate of drug-likeness (QED) is 0.659. The Bertz CT molecular complexity index is 656. The largest absolute Gasteiger partial charge is 0.356 e. The molecule has 8 heteroatoms. The van der Waals surface area contributed by atoms with Crippen LogP contribution in [0.5, 0.6) is 0 Å². The number of H-pyrrole nitrogens is 1. The number of halogens is 2. The van der Waals surface area contributed by atoms with Crippen LogP contribution in [0.15, 0.2) is 34.9 Å². The van der Waals surface area contributed by atoms with Crippen LogP contribution in [0.2, 0.25) is 5.02 Å². The molecule has 0 unspecified atom stereocenters. The molecule has 0 radical (unpaired) electrons. The summed E-state index contributed by atoms with van der Waals surface area (Å²) in [5.41, 5.74) is 0.378. The summed E-state index contributed by atoms with van der Waals surface area (Å²) in [4.78, 5) is 24.7. The number of nitro benzene ring substituents is 1. The number of amides is 1. The van der Waals surface area contributed by atoms with E-state index >= 15 is 0 Å². The summed E-state index contributed by atoms with van der Waals surface area (Å²) < 4.78 is 0.736. The molecule has 0 aliphatic heterocycles. The molecule has 1 heterocycles. The number of hydrogen-bond donors (Lipinski definition) is 2. The van der Waals surface area contributed by atoms with E-state index in [1.807, 2.05) is 0 Å². The van der Waals surface area contributed by atoms with Gasteiger partial charge in [0.25, 0.3) is 11.6 Å². The first-order valence-corrected chi connectivity index (χ1v) is 6.23. The molecule has 2 N–H and O–H groups in total. The van der Waals surface area contributed by atoms with E-state index in [1.54, 1.807) is 12.3 Å². The fourth-order valence-electron chi connectivity index (χ4n) is 1.43. The molecule has 0 saturated carbocycles. The minimum absolute atomic E-state index is 0.0191. The second-order valence-electron chi connectivity index (χ2n) is 3.61. The molecule has 0 aliphatic rings. The van der Waals surface area contributed by atoms with Crippen molar-refractivity contribution in [2.45, 2.75) is 0 Å². The van der Waals surface area contributed by atoms with Crippen molar-refractivity contribution in [3.63, 3.8) is 0 Å². The Morgan fingerprint density at radius 1 is 1.42 bits per heavy atom. The van der Waals surface area contributed by atoms with Gasteiger partial charge in [0.1, 0.15) is 10.7 Å². The maximum Gasteiger partial charge on any atom is 0.289 e. The molecule has 19 heavy (non-hydrogen) atoms. The average Bonchev–Trinajstić information content (AvgIpc) is 2.78. The van der Waals surface area contributed by atoms with Crippen LogP contribution in [0.25, 0.3) is 0 Å². The maximum atomic E-state index is 11.8. The highest BCUT2D eigenvalue weighted by molar-refractivity contribution is 9.10. The van der Waals surface area contributed by atoms with Crippen LogP contribution >= 0.6 is 27.5 Å². The molecular weight excluding hydrogens is 337 g/mol. The second-order valence-corrected chi connectivity index (χ2v) is 4.93. The maximum absolute atomic E-state index is 11.8. The van der Waals surface area contributed by atoms with E-state index in [1.165, 1.54) is 18.2 Å². The molecule has 0 aliphatic carbocycles. The molecule has 2 rings (SSSR count). The normalized spacial score (nSPS) is 10.2. The number of nitro groups is 1. The Labute approximate surface area is 121 Å². The molecule has 0 fully saturated rings. The van der Waals surface area contributed by atoms with Crippen molar-refractivity contribution < 1.29 is 9.72 Å². The number of benzene rings is 1. The first-order chi connectivity index (χ1) is 8.97. The van der Waals surface area contributed by atoms with E-state index in [0.29, 0.717) is 11.4 Å². The third-order valence-electron chi connectivity index (χ3n) is 2.29. The number of aromatic nitrogens is 1. The highest BCUT2D eigenvalue weighted by atomic mass is 79.9. The molecule has 0 atom stereocenters. The van der Waals surface area contributed by atoms with E-state index in [2.05, 4.69) is 26.2 Å². The van der Waals surface area contributed by atoms with E-state index in [-0.39, 0.29) is 10.7 Å². The van der Waals surface area contributed by atoms with Crippen molar-refractivity contribution in [2.24, 2.45) is 0 Å². The number of carbonyl (C=O) groups excluding carboxylic acids is 1. The van der Waals surface area contributed by atoms with Crippen LogP contribution in [0.4, 0.5) is 11.4 Å². The third kappa shape index (κ3) is 3.12. The minimum Gasteiger partial charge on any atom is -0.356 e. The van der Waals surface area contributed by atoms with Crippen molar-refractivity contribution in [1.82, 2.24) is 4.98 Å². The summed E-state index contributed by atoms with van der Waals surface area (Å²) >= 11 is 8.89. The predicted octanol–water partition coefficient (Wildman–Crippen LogP) is 3.59. The molecule has 2 aromatic rings. The van der Waals surface area contributed by atoms with Crippen LogP contribution in [0, 0.1) is 10.1 Å². The zero-order valence-corrected chi connectivity index (χ0v) is 11.7. The molecular formula is C11H7BrClN3O3. The lowest BCUT2D eigenvalue weighted by molar-refractivity contribution is -0.384. The van der Waals surface area contributed by atoms with Gasteiger partial charge in [-0.15, -0.1) is 0 Å². The van der Waals surface area contributed by atoms with Crippen molar-refractivity contribution in [3.05, 3.63) is 55.8 Å². The van der Waals surface area contributed by atoms with Gasteiger partial charge in [0.05, 0.1) is 4.92 Å². The van der Waals surface area contributed by atoms with Gasteiger partial charge in [-0.05, 0) is 34.1 Å². The Hall–Kier alpha value is -1.86. The zero-order chi connectivity index (χ0) is 14.0. The highest BCUT2D eigenvalue weighted by Gasteiger charge is 2.15. The number of nitrogens with zero attached hydrogens (tertiary/aromatic N) is 1. The smallest absolute Gasteiger partial charge is 0.289 e. The zero-order valence-electron chi connectivity index (χ0n) is 9.31. The first kappa shape index (κ1) is 13.6. The van der Waals surface area contributed by atoms with Gasteiger partial charge in [0.15, 0.2) is 0 Å². The molecule has 6 nitrogen and oxygen atoms in total. The Balaban J connectivity index is 2.22. The van der Waals surface area contributed by atoms with Crippen LogP contribution in [-0.4, -0.2) is 15.8 Å². The van der Waals surface area contributed by atoms with Gasteiger partial charge in [-0.25, -0.2) is 0 Å². The van der Waals surface area contributed by atoms with Crippen LogP contribution in [0.1, 0.15) is 10.5 Å². The number of nitrogens with one attached hydrogen (secondary N) is 2. The van der Waals surface area contributed by atoms with Crippen molar-refractivity contribution in [1.29, 1.82) is 0 Å². The summed E-state index contributed by atoms with van der Waals surface area (Å²) in [6.07, 6.45) is 1.61. The Kier molecular flexibility index (Phi) is 3.87. The summed E-state index contributed by atoms with van der Waals surface area (Å²) in [6.45, 7) is 0. The van der Waals surface area contributed by atoms with Gasteiger partial charge >= 0.3 is 0 Å². The van der Waals surface area contributed by atoms with E-state index in [0.717, 1.165) is 4.47 Å². The second kappa shape index (κ2) is 5.41. The van der Waals surface area contributed by atoms with Gasteiger partial charge in [0.2, 0.25) is 0 Å². The average molecular weight is 345 g/mol. The molecule has 1 aromatic heterocycles. The Morgan fingerprint density at radius 2 is 2.16 bits per heavy atom. The lowest BCUT2D eigenvalue weighted by atomic mass is 10.2. The molecule has 98 valence electrons. The van der Waals surface area contributed by atoms with Gasteiger partial charge in [-0.2, -0.15) is 0 Å².